The minimum atomic E-state index is -3.97. The van der Waals surface area contributed by atoms with Crippen LogP contribution >= 0.6 is 0 Å². The van der Waals surface area contributed by atoms with Crippen molar-refractivity contribution in [3.63, 3.8) is 0 Å². The van der Waals surface area contributed by atoms with Crippen LogP contribution in [-0.2, 0) is 26.5 Å². The first-order chi connectivity index (χ1) is 14.3. The number of hydrogen-bond donors (Lipinski definition) is 1. The Morgan fingerprint density at radius 1 is 1.27 bits per heavy atom. The summed E-state index contributed by atoms with van der Waals surface area (Å²) in [5.41, 5.74) is 0.973. The molecule has 0 amide bonds. The van der Waals surface area contributed by atoms with E-state index < -0.39 is 16.0 Å². The molecule has 0 aliphatic rings. The fourth-order valence-corrected chi connectivity index (χ4v) is 4.21. The van der Waals surface area contributed by atoms with Gasteiger partial charge in [0.05, 0.1) is 24.4 Å². The van der Waals surface area contributed by atoms with E-state index in [4.69, 9.17) is 14.2 Å². The van der Waals surface area contributed by atoms with Crippen molar-refractivity contribution in [2.24, 2.45) is 7.05 Å². The van der Waals surface area contributed by atoms with Gasteiger partial charge < -0.3 is 23.8 Å². The maximum absolute atomic E-state index is 13.1. The number of aromatic amines is 1. The van der Waals surface area contributed by atoms with Crippen LogP contribution < -0.4 is 9.04 Å². The predicted molar refractivity (Wildman–Crippen MR) is 110 cm³/mol. The number of nitrogens with one attached hydrogen (secondary N) is 1. The number of carbonyl (C=O) groups is 1. The van der Waals surface area contributed by atoms with Gasteiger partial charge in [0.15, 0.2) is 0 Å². The van der Waals surface area contributed by atoms with Crippen LogP contribution in [0, 0.1) is 0 Å². The van der Waals surface area contributed by atoms with Crippen LogP contribution in [-0.4, -0.2) is 62.9 Å². The molecule has 162 valence electrons. The molecule has 0 bridgehead atoms. The lowest BCUT2D eigenvalue weighted by Gasteiger charge is -2.20. The lowest BCUT2D eigenvalue weighted by molar-refractivity contribution is 0.0520. The SMILES string of the molecule is CCOC(=O)c1cc2cc(OCCOC)cc(N(C)S(=O)(=O)c3nccn3C)c2[nH]1. The summed E-state index contributed by atoms with van der Waals surface area (Å²) in [7, 11) is 0.611. The second-order valence-corrected chi connectivity index (χ2v) is 8.31. The summed E-state index contributed by atoms with van der Waals surface area (Å²) in [6.45, 7) is 2.59. The van der Waals surface area contributed by atoms with Gasteiger partial charge >= 0.3 is 5.97 Å². The van der Waals surface area contributed by atoms with Gasteiger partial charge in [-0.1, -0.05) is 0 Å². The summed E-state index contributed by atoms with van der Waals surface area (Å²) in [4.78, 5) is 19.1. The molecule has 0 saturated carbocycles. The molecule has 11 heteroatoms. The fourth-order valence-electron chi connectivity index (χ4n) is 2.94. The number of fused-ring (bicyclic) bond motifs is 1. The molecular weight excluding hydrogens is 412 g/mol. The summed E-state index contributed by atoms with van der Waals surface area (Å²) < 4.78 is 44.6. The first kappa shape index (κ1) is 21.7. The summed E-state index contributed by atoms with van der Waals surface area (Å²) in [6.07, 6.45) is 2.96. The Morgan fingerprint density at radius 3 is 2.67 bits per heavy atom. The van der Waals surface area contributed by atoms with Crippen LogP contribution in [0.2, 0.25) is 0 Å². The summed E-state index contributed by atoms with van der Waals surface area (Å²) in [5, 5.41) is 0.492. The monoisotopic (exact) mass is 436 g/mol. The van der Waals surface area contributed by atoms with E-state index in [2.05, 4.69) is 9.97 Å². The molecule has 0 aliphatic heterocycles. The second-order valence-electron chi connectivity index (χ2n) is 6.44. The number of hydrogen-bond acceptors (Lipinski definition) is 7. The number of esters is 1. The topological polar surface area (TPSA) is 116 Å². The molecule has 10 nitrogen and oxygen atoms in total. The highest BCUT2D eigenvalue weighted by Crippen LogP contribution is 2.34. The quantitative estimate of drug-likeness (QED) is 0.402. The molecule has 30 heavy (non-hydrogen) atoms. The summed E-state index contributed by atoms with van der Waals surface area (Å²) >= 11 is 0. The Bertz CT molecular complexity index is 1150. The molecule has 0 fully saturated rings. The molecular formula is C19H24N4O6S. The number of aryl methyl sites for hydroxylation is 1. The molecule has 2 aromatic heterocycles. The molecule has 0 radical (unpaired) electrons. The average molecular weight is 436 g/mol. The van der Waals surface area contributed by atoms with Crippen molar-refractivity contribution >= 4 is 32.6 Å². The van der Waals surface area contributed by atoms with Gasteiger partial charge in [-0.25, -0.2) is 9.78 Å². The third-order valence-electron chi connectivity index (χ3n) is 4.44. The van der Waals surface area contributed by atoms with Crippen LogP contribution in [0.4, 0.5) is 5.69 Å². The number of aromatic nitrogens is 3. The van der Waals surface area contributed by atoms with E-state index in [9.17, 15) is 13.2 Å². The van der Waals surface area contributed by atoms with Crippen LogP contribution in [0.25, 0.3) is 10.9 Å². The minimum absolute atomic E-state index is 0.110. The summed E-state index contributed by atoms with van der Waals surface area (Å²) in [5.74, 6) is -0.0954. The largest absolute Gasteiger partial charge is 0.491 e. The first-order valence-corrected chi connectivity index (χ1v) is 10.7. The van der Waals surface area contributed by atoms with Gasteiger partial charge in [0.25, 0.3) is 10.0 Å². The Labute approximate surface area is 174 Å². The zero-order valence-electron chi connectivity index (χ0n) is 17.2. The molecule has 3 aromatic rings. The van der Waals surface area contributed by atoms with E-state index in [-0.39, 0.29) is 24.1 Å². The Balaban J connectivity index is 2.12. The predicted octanol–water partition coefficient (Wildman–Crippen LogP) is 1.93. The molecule has 1 N–H and O–H groups in total. The number of rotatable bonds is 9. The van der Waals surface area contributed by atoms with Gasteiger partial charge in [-0.05, 0) is 19.1 Å². The second kappa shape index (κ2) is 8.76. The standard InChI is InChI=1S/C19H24N4O6S/c1-5-28-18(24)15-11-13-10-14(29-9-8-27-4)12-16(17(13)21-15)23(3)30(25,26)19-20-6-7-22(19)2/h6-7,10-12,21H,5,8-9H2,1-4H3. The fraction of sp³-hybridized carbons (Fsp3) is 0.368. The number of imidazole rings is 1. The van der Waals surface area contributed by atoms with Gasteiger partial charge in [0.1, 0.15) is 18.1 Å². The number of H-pyrrole nitrogens is 1. The Morgan fingerprint density at radius 2 is 2.03 bits per heavy atom. The van der Waals surface area contributed by atoms with Crippen molar-refractivity contribution in [1.29, 1.82) is 0 Å². The highest BCUT2D eigenvalue weighted by molar-refractivity contribution is 7.92. The number of sulfonamides is 1. The molecule has 0 spiro atoms. The smallest absolute Gasteiger partial charge is 0.354 e. The number of carbonyl (C=O) groups excluding carboxylic acids is 1. The third-order valence-corrected chi connectivity index (χ3v) is 6.21. The maximum Gasteiger partial charge on any atom is 0.354 e. The zero-order chi connectivity index (χ0) is 21.9. The highest BCUT2D eigenvalue weighted by Gasteiger charge is 2.28. The van der Waals surface area contributed by atoms with Gasteiger partial charge in [0, 0.05) is 45.1 Å². The zero-order valence-corrected chi connectivity index (χ0v) is 18.0. The van der Waals surface area contributed by atoms with Crippen LogP contribution in [0.5, 0.6) is 5.75 Å². The molecule has 0 unspecified atom stereocenters. The van der Waals surface area contributed by atoms with Crippen LogP contribution in [0.3, 0.4) is 0 Å². The van der Waals surface area contributed by atoms with Crippen molar-refractivity contribution < 1.29 is 27.4 Å². The van der Waals surface area contributed by atoms with Crippen molar-refractivity contribution in [2.45, 2.75) is 12.1 Å². The van der Waals surface area contributed by atoms with Gasteiger partial charge in [-0.2, -0.15) is 8.42 Å². The maximum atomic E-state index is 13.1. The molecule has 0 aliphatic carbocycles. The number of ether oxygens (including phenoxy) is 3. The van der Waals surface area contributed by atoms with Crippen molar-refractivity contribution in [1.82, 2.24) is 14.5 Å². The Kier molecular flexibility index (Phi) is 6.32. The summed E-state index contributed by atoms with van der Waals surface area (Å²) in [6, 6.07) is 4.90. The van der Waals surface area contributed by atoms with E-state index in [1.54, 1.807) is 45.5 Å². The number of anilines is 1. The first-order valence-electron chi connectivity index (χ1n) is 9.21. The average Bonchev–Trinajstić information content (AvgIpc) is 3.33. The molecule has 0 atom stereocenters. The van der Waals surface area contributed by atoms with Crippen LogP contribution in [0.15, 0.2) is 35.7 Å². The van der Waals surface area contributed by atoms with Gasteiger partial charge in [-0.15, -0.1) is 0 Å². The molecule has 1 aromatic carbocycles. The highest BCUT2D eigenvalue weighted by atomic mass is 32.2. The van der Waals surface area contributed by atoms with E-state index in [1.807, 2.05) is 0 Å². The molecule has 0 saturated heterocycles. The number of nitrogens with zero attached hydrogens (tertiary/aromatic N) is 3. The van der Waals surface area contributed by atoms with Gasteiger partial charge in [0.2, 0.25) is 5.16 Å². The van der Waals surface area contributed by atoms with Crippen molar-refractivity contribution in [2.75, 3.05) is 38.3 Å². The van der Waals surface area contributed by atoms with E-state index in [0.717, 1.165) is 4.31 Å². The third kappa shape index (κ3) is 4.12. The number of benzene rings is 1. The minimum Gasteiger partial charge on any atom is -0.491 e. The lowest BCUT2D eigenvalue weighted by Crippen LogP contribution is -2.29. The Hall–Kier alpha value is -3.05. The van der Waals surface area contributed by atoms with Crippen molar-refractivity contribution in [3.8, 4) is 5.75 Å². The van der Waals surface area contributed by atoms with E-state index >= 15 is 0 Å². The van der Waals surface area contributed by atoms with Crippen molar-refractivity contribution in [3.05, 3.63) is 36.3 Å². The van der Waals surface area contributed by atoms with E-state index in [1.165, 1.54) is 17.8 Å². The van der Waals surface area contributed by atoms with E-state index in [0.29, 0.717) is 28.9 Å². The molecule has 2 heterocycles. The van der Waals surface area contributed by atoms with Crippen LogP contribution in [0.1, 0.15) is 17.4 Å². The lowest BCUT2D eigenvalue weighted by atomic mass is 10.2. The normalized spacial score (nSPS) is 11.6. The number of methoxy groups -OCH3 is 1. The molecule has 3 rings (SSSR count). The van der Waals surface area contributed by atoms with Gasteiger partial charge in [-0.3, -0.25) is 4.31 Å².